The van der Waals surface area contributed by atoms with Gasteiger partial charge in [0, 0.05) is 25.3 Å². The Morgan fingerprint density at radius 2 is 1.68 bits per heavy atom. The predicted molar refractivity (Wildman–Crippen MR) is 127 cm³/mol. The molecule has 0 radical (unpaired) electrons. The molecule has 0 aromatic carbocycles. The number of hydrogen-bond donors (Lipinski definition) is 1. The first kappa shape index (κ1) is 28.1. The molecular weight excluding hydrogens is 440 g/mol. The summed E-state index contributed by atoms with van der Waals surface area (Å²) in [5.74, 6) is -1.88. The lowest BCUT2D eigenvalue weighted by Gasteiger charge is -2.38. The van der Waals surface area contributed by atoms with E-state index in [1.54, 1.807) is 55.4 Å². The molecule has 2 rings (SSSR count). The second kappa shape index (κ2) is 9.85. The van der Waals surface area contributed by atoms with Gasteiger partial charge in [-0.15, -0.1) is 0 Å². The fourth-order valence-corrected chi connectivity index (χ4v) is 4.52. The van der Waals surface area contributed by atoms with Gasteiger partial charge in [-0.25, -0.2) is 9.59 Å². The van der Waals surface area contributed by atoms with Crippen LogP contribution in [0.15, 0.2) is 12.2 Å². The van der Waals surface area contributed by atoms with Crippen molar-refractivity contribution in [2.45, 2.75) is 117 Å². The van der Waals surface area contributed by atoms with E-state index in [4.69, 9.17) is 18.9 Å². The minimum Gasteiger partial charge on any atom is -0.458 e. The van der Waals surface area contributed by atoms with Gasteiger partial charge in [0.1, 0.15) is 17.2 Å². The standard InChI is InChI=1S/C25H42N2O7/c1-11-12-17-13-18(20(29)32-22(3,4)5)27(21(30)33-23(6,7)8)19(17)14-25(26-16(2)28)15-31-24(9,10)34-25/h11-12,17-19H,13-15H2,1-10H3,(H,26,28)/t17-,18-,19-,25?/m1/s1. The maximum absolute atomic E-state index is 13.4. The molecule has 2 aliphatic rings. The zero-order valence-electron chi connectivity index (χ0n) is 22.3. The lowest BCUT2D eigenvalue weighted by Crippen LogP contribution is -2.57. The molecule has 4 atom stereocenters. The third-order valence-electron chi connectivity index (χ3n) is 5.44. The van der Waals surface area contributed by atoms with Crippen LogP contribution in [0.2, 0.25) is 0 Å². The molecule has 2 saturated heterocycles. The first-order valence-electron chi connectivity index (χ1n) is 11.9. The van der Waals surface area contributed by atoms with Crippen LogP contribution in [0.5, 0.6) is 0 Å². The van der Waals surface area contributed by atoms with Crippen LogP contribution in [0.3, 0.4) is 0 Å². The van der Waals surface area contributed by atoms with E-state index >= 15 is 0 Å². The Bertz CT molecular complexity index is 809. The van der Waals surface area contributed by atoms with Crippen LogP contribution in [-0.2, 0) is 28.5 Å². The highest BCUT2D eigenvalue weighted by Gasteiger charge is 2.55. The molecule has 194 valence electrons. The normalized spacial score (nSPS) is 29.4. The third kappa shape index (κ3) is 7.43. The van der Waals surface area contributed by atoms with Crippen LogP contribution in [0.1, 0.15) is 82.1 Å². The van der Waals surface area contributed by atoms with E-state index in [9.17, 15) is 14.4 Å². The van der Waals surface area contributed by atoms with Gasteiger partial charge in [-0.05, 0) is 68.7 Å². The molecule has 1 N–H and O–H groups in total. The fourth-order valence-electron chi connectivity index (χ4n) is 4.52. The first-order valence-corrected chi connectivity index (χ1v) is 11.9. The third-order valence-corrected chi connectivity index (χ3v) is 5.44. The van der Waals surface area contributed by atoms with Gasteiger partial charge in [0.05, 0.1) is 6.61 Å². The van der Waals surface area contributed by atoms with E-state index in [0.717, 1.165) is 0 Å². The molecule has 9 nitrogen and oxygen atoms in total. The number of amides is 2. The molecule has 2 amide bonds. The molecule has 0 aromatic heterocycles. The van der Waals surface area contributed by atoms with Crippen molar-refractivity contribution in [3.63, 3.8) is 0 Å². The van der Waals surface area contributed by atoms with Crippen LogP contribution in [0.25, 0.3) is 0 Å². The van der Waals surface area contributed by atoms with E-state index in [2.05, 4.69) is 5.32 Å². The van der Waals surface area contributed by atoms with Crippen molar-refractivity contribution < 1.29 is 33.3 Å². The molecule has 0 aliphatic carbocycles. The molecule has 0 aromatic rings. The van der Waals surface area contributed by atoms with Gasteiger partial charge < -0.3 is 24.3 Å². The van der Waals surface area contributed by atoms with Crippen LogP contribution in [0, 0.1) is 5.92 Å². The maximum Gasteiger partial charge on any atom is 0.411 e. The summed E-state index contributed by atoms with van der Waals surface area (Å²) in [5.41, 5.74) is -2.64. The minimum absolute atomic E-state index is 0.109. The zero-order valence-corrected chi connectivity index (χ0v) is 22.3. The van der Waals surface area contributed by atoms with E-state index in [1.165, 1.54) is 11.8 Å². The van der Waals surface area contributed by atoms with Gasteiger partial charge >= 0.3 is 12.1 Å². The van der Waals surface area contributed by atoms with Gasteiger partial charge in [0.25, 0.3) is 0 Å². The summed E-state index contributed by atoms with van der Waals surface area (Å²) >= 11 is 0. The molecule has 1 unspecified atom stereocenters. The number of hydrogen-bond acceptors (Lipinski definition) is 7. The largest absolute Gasteiger partial charge is 0.458 e. The highest BCUT2D eigenvalue weighted by atomic mass is 16.8. The number of esters is 1. The number of carbonyl (C=O) groups excluding carboxylic acids is 3. The van der Waals surface area contributed by atoms with Crippen molar-refractivity contribution in [1.82, 2.24) is 10.2 Å². The number of carbonyl (C=O) groups is 3. The fraction of sp³-hybridized carbons (Fsp3) is 0.800. The Kier molecular flexibility index (Phi) is 8.15. The molecule has 0 saturated carbocycles. The Morgan fingerprint density at radius 3 is 2.12 bits per heavy atom. The Hall–Kier alpha value is -2.13. The number of likely N-dealkylation sites (tertiary alicyclic amines) is 1. The number of nitrogens with zero attached hydrogens (tertiary/aromatic N) is 1. The highest BCUT2D eigenvalue weighted by molar-refractivity contribution is 5.83. The summed E-state index contributed by atoms with van der Waals surface area (Å²) in [5, 5.41) is 2.89. The van der Waals surface area contributed by atoms with Crippen LogP contribution >= 0.6 is 0 Å². The van der Waals surface area contributed by atoms with Crippen molar-refractivity contribution >= 4 is 18.0 Å². The topological polar surface area (TPSA) is 103 Å². The molecule has 0 spiro atoms. The second-order valence-electron chi connectivity index (χ2n) is 11.6. The second-order valence-corrected chi connectivity index (χ2v) is 11.6. The molecule has 2 fully saturated rings. The van der Waals surface area contributed by atoms with Crippen molar-refractivity contribution in [2.75, 3.05) is 6.61 Å². The Balaban J connectivity index is 2.50. The van der Waals surface area contributed by atoms with Gasteiger partial charge in [0.15, 0.2) is 11.5 Å². The van der Waals surface area contributed by atoms with Gasteiger partial charge in [-0.3, -0.25) is 9.69 Å². The quantitative estimate of drug-likeness (QED) is 0.468. The lowest BCUT2D eigenvalue weighted by molar-refractivity contribution is -0.176. The number of nitrogens with one attached hydrogen (secondary N) is 1. The summed E-state index contributed by atoms with van der Waals surface area (Å²) in [6, 6.07) is -1.35. The lowest BCUT2D eigenvalue weighted by atomic mass is 9.91. The van der Waals surface area contributed by atoms with E-state index in [-0.39, 0.29) is 24.9 Å². The Labute approximate surface area is 203 Å². The van der Waals surface area contributed by atoms with Crippen molar-refractivity contribution in [3.05, 3.63) is 12.2 Å². The minimum atomic E-state index is -1.16. The van der Waals surface area contributed by atoms with E-state index < -0.39 is 46.9 Å². The predicted octanol–water partition coefficient (Wildman–Crippen LogP) is 3.90. The van der Waals surface area contributed by atoms with Crippen LogP contribution in [0.4, 0.5) is 4.79 Å². The van der Waals surface area contributed by atoms with Crippen molar-refractivity contribution in [2.24, 2.45) is 5.92 Å². The molecular formula is C25H42N2O7. The molecule has 2 aliphatic heterocycles. The average molecular weight is 483 g/mol. The summed E-state index contributed by atoms with van der Waals surface area (Å²) in [7, 11) is 0. The summed E-state index contributed by atoms with van der Waals surface area (Å²) < 4.78 is 23.3. The SMILES string of the molecule is CC=C[C@@H]1C[C@H](C(=O)OC(C)(C)C)N(C(=O)OC(C)(C)C)[C@@H]1CC1(NC(C)=O)COC(C)(C)O1. The molecule has 9 heteroatoms. The summed E-state index contributed by atoms with van der Waals surface area (Å²) in [6.07, 6.45) is 3.82. The van der Waals surface area contributed by atoms with Gasteiger partial charge in [-0.2, -0.15) is 0 Å². The van der Waals surface area contributed by atoms with Crippen molar-refractivity contribution in [1.29, 1.82) is 0 Å². The number of ether oxygens (including phenoxy) is 4. The van der Waals surface area contributed by atoms with E-state index in [0.29, 0.717) is 6.42 Å². The number of allylic oxidation sites excluding steroid dienone is 1. The summed E-state index contributed by atoms with van der Waals surface area (Å²) in [6.45, 7) is 17.6. The Morgan fingerprint density at radius 1 is 1.09 bits per heavy atom. The highest BCUT2D eigenvalue weighted by Crippen LogP contribution is 2.41. The molecule has 0 bridgehead atoms. The maximum atomic E-state index is 13.4. The first-order chi connectivity index (χ1) is 15.4. The van der Waals surface area contributed by atoms with Gasteiger partial charge in [-0.1, -0.05) is 12.2 Å². The molecule has 34 heavy (non-hydrogen) atoms. The monoisotopic (exact) mass is 482 g/mol. The van der Waals surface area contributed by atoms with Crippen LogP contribution in [-0.4, -0.2) is 64.3 Å². The number of rotatable bonds is 5. The summed E-state index contributed by atoms with van der Waals surface area (Å²) in [4.78, 5) is 40.2. The van der Waals surface area contributed by atoms with Crippen LogP contribution < -0.4 is 5.32 Å². The zero-order chi connectivity index (χ0) is 26.1. The smallest absolute Gasteiger partial charge is 0.411 e. The average Bonchev–Trinajstić information content (AvgIpc) is 3.09. The van der Waals surface area contributed by atoms with Gasteiger partial charge in [0.2, 0.25) is 5.91 Å². The van der Waals surface area contributed by atoms with E-state index in [1.807, 2.05) is 19.1 Å². The molecule has 2 heterocycles. The van der Waals surface area contributed by atoms with Crippen molar-refractivity contribution in [3.8, 4) is 0 Å².